The Morgan fingerprint density at radius 1 is 0.840 bits per heavy atom. The Labute approximate surface area is 153 Å². The first-order valence-corrected chi connectivity index (χ1v) is 10.2. The third-order valence-corrected chi connectivity index (χ3v) is 6.10. The van der Waals surface area contributed by atoms with Crippen molar-refractivity contribution in [3.63, 3.8) is 0 Å². The highest BCUT2D eigenvalue weighted by atomic mass is 14.5. The summed E-state index contributed by atoms with van der Waals surface area (Å²) in [5, 5.41) is 0. The van der Waals surface area contributed by atoms with Crippen molar-refractivity contribution in [2.45, 2.75) is 70.6 Å². The van der Waals surface area contributed by atoms with Crippen LogP contribution in [-0.4, -0.2) is 0 Å². The van der Waals surface area contributed by atoms with Gasteiger partial charge in [0.15, 0.2) is 0 Å². The van der Waals surface area contributed by atoms with Crippen LogP contribution in [0.15, 0.2) is 48.5 Å². The van der Waals surface area contributed by atoms with Gasteiger partial charge >= 0.3 is 0 Å². The van der Waals surface area contributed by atoms with Gasteiger partial charge in [0, 0.05) is 11.6 Å². The predicted molar refractivity (Wildman–Crippen MR) is 109 cm³/mol. The monoisotopic (exact) mass is 335 g/mol. The fraction of sp³-hybridized carbons (Fsp3) is 0.500. The first-order valence-electron chi connectivity index (χ1n) is 10.2. The van der Waals surface area contributed by atoms with Gasteiger partial charge in [-0.05, 0) is 72.8 Å². The average molecular weight is 336 g/mol. The summed E-state index contributed by atoms with van der Waals surface area (Å²) >= 11 is 0. The first-order chi connectivity index (χ1) is 12.2. The quantitative estimate of drug-likeness (QED) is 0.572. The Kier molecular flexibility index (Phi) is 6.18. The van der Waals surface area contributed by atoms with Gasteiger partial charge in [0.05, 0.1) is 0 Å². The van der Waals surface area contributed by atoms with Crippen LogP contribution in [0.2, 0.25) is 0 Å². The zero-order valence-corrected chi connectivity index (χ0v) is 15.9. The molecule has 1 heteroatoms. The van der Waals surface area contributed by atoms with Crippen LogP contribution in [0, 0.1) is 5.92 Å². The minimum absolute atomic E-state index is 0.468. The molecular formula is C24H33N. The molecule has 2 aromatic rings. The summed E-state index contributed by atoms with van der Waals surface area (Å²) in [5.74, 6) is 2.23. The molecule has 0 bridgehead atoms. The van der Waals surface area contributed by atoms with Crippen LogP contribution >= 0.6 is 0 Å². The number of hydrogen-bond acceptors (Lipinski definition) is 1. The minimum Gasteiger partial charge on any atom is -0.399 e. The molecule has 2 aromatic carbocycles. The summed E-state index contributed by atoms with van der Waals surface area (Å²) in [5.41, 5.74) is 11.0. The van der Waals surface area contributed by atoms with E-state index in [-0.39, 0.29) is 0 Å². The molecule has 1 saturated carbocycles. The van der Waals surface area contributed by atoms with Gasteiger partial charge in [-0.2, -0.15) is 0 Å². The molecule has 2 N–H and O–H groups in total. The largest absolute Gasteiger partial charge is 0.399 e. The molecule has 1 fully saturated rings. The van der Waals surface area contributed by atoms with E-state index < -0.39 is 0 Å². The van der Waals surface area contributed by atoms with E-state index in [0.717, 1.165) is 23.9 Å². The highest BCUT2D eigenvalue weighted by Crippen LogP contribution is 2.38. The van der Waals surface area contributed by atoms with Crippen LogP contribution in [0.1, 0.15) is 87.3 Å². The molecular weight excluding hydrogens is 302 g/mol. The lowest BCUT2D eigenvalue weighted by Crippen LogP contribution is -2.13. The molecule has 1 aliphatic carbocycles. The Balaban J connectivity index is 1.68. The Bertz CT molecular complexity index is 633. The van der Waals surface area contributed by atoms with Gasteiger partial charge in [0.25, 0.3) is 0 Å². The molecule has 3 rings (SSSR count). The number of nitrogens with two attached hydrogens (primary N) is 1. The number of rotatable bonds is 6. The van der Waals surface area contributed by atoms with Crippen molar-refractivity contribution in [3.8, 4) is 0 Å². The summed E-state index contributed by atoms with van der Waals surface area (Å²) < 4.78 is 0. The number of benzene rings is 2. The molecule has 1 nitrogen and oxygen atoms in total. The Hall–Kier alpha value is -1.76. The Morgan fingerprint density at radius 2 is 1.40 bits per heavy atom. The lowest BCUT2D eigenvalue weighted by molar-refractivity contribution is 0.308. The molecule has 0 amide bonds. The van der Waals surface area contributed by atoms with Gasteiger partial charge in [-0.3, -0.25) is 0 Å². The molecule has 0 radical (unpaired) electrons. The normalized spacial score (nSPS) is 21.8. The van der Waals surface area contributed by atoms with Crippen molar-refractivity contribution in [1.82, 2.24) is 0 Å². The summed E-state index contributed by atoms with van der Waals surface area (Å²) in [7, 11) is 0. The van der Waals surface area contributed by atoms with Gasteiger partial charge < -0.3 is 5.73 Å². The number of anilines is 1. The van der Waals surface area contributed by atoms with Crippen LogP contribution in [0.3, 0.4) is 0 Å². The van der Waals surface area contributed by atoms with E-state index in [4.69, 9.17) is 5.73 Å². The molecule has 1 atom stereocenters. The van der Waals surface area contributed by atoms with Gasteiger partial charge in [-0.15, -0.1) is 0 Å². The van der Waals surface area contributed by atoms with E-state index in [1.165, 1.54) is 49.7 Å². The fourth-order valence-corrected chi connectivity index (χ4v) is 4.59. The lowest BCUT2D eigenvalue weighted by Gasteiger charge is -2.29. The smallest absolute Gasteiger partial charge is 0.0314 e. The second-order valence-corrected chi connectivity index (χ2v) is 7.80. The first kappa shape index (κ1) is 18.0. The van der Waals surface area contributed by atoms with Crippen molar-refractivity contribution < 1.29 is 0 Å². The minimum atomic E-state index is 0.468. The zero-order valence-electron chi connectivity index (χ0n) is 15.9. The third-order valence-electron chi connectivity index (χ3n) is 6.10. The fourth-order valence-electron chi connectivity index (χ4n) is 4.59. The Morgan fingerprint density at radius 3 is 1.92 bits per heavy atom. The van der Waals surface area contributed by atoms with Gasteiger partial charge in [0.1, 0.15) is 0 Å². The van der Waals surface area contributed by atoms with Crippen molar-refractivity contribution >= 4 is 5.69 Å². The maximum atomic E-state index is 5.84. The SMILES string of the molecule is CCCC1CCC(c2ccc(C(CC)c3ccc(N)cc3)cc2)CC1. The lowest BCUT2D eigenvalue weighted by atomic mass is 9.77. The molecule has 25 heavy (non-hydrogen) atoms. The van der Waals surface area contributed by atoms with E-state index >= 15 is 0 Å². The van der Waals surface area contributed by atoms with Crippen LogP contribution < -0.4 is 5.73 Å². The summed E-state index contributed by atoms with van der Waals surface area (Å²) in [6, 6.07) is 17.9. The van der Waals surface area contributed by atoms with E-state index in [9.17, 15) is 0 Å². The molecule has 0 heterocycles. The third kappa shape index (κ3) is 4.45. The predicted octanol–water partition coefficient (Wildman–Crippen LogP) is 6.88. The van der Waals surface area contributed by atoms with Crippen LogP contribution in [0.4, 0.5) is 5.69 Å². The average Bonchev–Trinajstić information content (AvgIpc) is 2.65. The molecule has 0 spiro atoms. The van der Waals surface area contributed by atoms with E-state index in [1.54, 1.807) is 5.56 Å². The number of hydrogen-bond donors (Lipinski definition) is 1. The molecule has 0 aliphatic heterocycles. The van der Waals surface area contributed by atoms with Crippen molar-refractivity contribution in [2.24, 2.45) is 5.92 Å². The van der Waals surface area contributed by atoms with Gasteiger partial charge in [-0.1, -0.05) is 63.1 Å². The maximum Gasteiger partial charge on any atom is 0.0314 e. The number of nitrogen functional groups attached to an aromatic ring is 1. The van der Waals surface area contributed by atoms with Gasteiger partial charge in [-0.25, -0.2) is 0 Å². The van der Waals surface area contributed by atoms with Crippen molar-refractivity contribution in [1.29, 1.82) is 0 Å². The van der Waals surface area contributed by atoms with E-state index in [2.05, 4.69) is 50.2 Å². The molecule has 0 aromatic heterocycles. The van der Waals surface area contributed by atoms with E-state index in [1.807, 2.05) is 12.1 Å². The summed E-state index contributed by atoms with van der Waals surface area (Å²) in [6.45, 7) is 4.58. The standard InChI is InChI=1S/C24H33N/c1-3-5-18-6-8-19(9-7-18)20-10-12-21(13-11-20)24(4-2)22-14-16-23(25)17-15-22/h10-19,24H,3-9,25H2,1-2H3. The maximum absolute atomic E-state index is 5.84. The molecule has 1 unspecified atom stereocenters. The second kappa shape index (κ2) is 8.56. The highest BCUT2D eigenvalue weighted by molar-refractivity contribution is 5.43. The van der Waals surface area contributed by atoms with Crippen LogP contribution in [0.25, 0.3) is 0 Å². The van der Waals surface area contributed by atoms with Crippen LogP contribution in [-0.2, 0) is 0 Å². The van der Waals surface area contributed by atoms with E-state index in [0.29, 0.717) is 5.92 Å². The molecule has 1 aliphatic rings. The van der Waals surface area contributed by atoms with Crippen molar-refractivity contribution in [2.75, 3.05) is 5.73 Å². The van der Waals surface area contributed by atoms with Crippen molar-refractivity contribution in [3.05, 3.63) is 65.2 Å². The molecule has 0 saturated heterocycles. The second-order valence-electron chi connectivity index (χ2n) is 7.80. The zero-order chi connectivity index (χ0) is 17.6. The highest BCUT2D eigenvalue weighted by Gasteiger charge is 2.22. The van der Waals surface area contributed by atoms with Gasteiger partial charge in [0.2, 0.25) is 0 Å². The topological polar surface area (TPSA) is 26.0 Å². The summed E-state index contributed by atoms with van der Waals surface area (Å²) in [4.78, 5) is 0. The molecule has 134 valence electrons. The summed E-state index contributed by atoms with van der Waals surface area (Å²) in [6.07, 6.45) is 9.47. The van der Waals surface area contributed by atoms with Crippen LogP contribution in [0.5, 0.6) is 0 Å².